The molecule has 2 amide bonds. The maximum Gasteiger partial charge on any atom is 0.243 e. The largest absolute Gasteiger partial charge is 0.344 e. The maximum absolute atomic E-state index is 11.6. The minimum atomic E-state index is -0.579. The van der Waals surface area contributed by atoms with Gasteiger partial charge in [-0.2, -0.15) is 0 Å². The van der Waals surface area contributed by atoms with Crippen molar-refractivity contribution in [3.8, 4) is 0 Å². The Labute approximate surface area is 95.0 Å². The molecule has 89 valence electrons. The Morgan fingerprint density at radius 2 is 2.31 bits per heavy atom. The molecule has 0 unspecified atom stereocenters. The van der Waals surface area contributed by atoms with Gasteiger partial charge >= 0.3 is 0 Å². The molecule has 1 radical (unpaired) electrons. The maximum atomic E-state index is 11.6. The van der Waals surface area contributed by atoms with Crippen LogP contribution in [-0.2, 0) is 14.4 Å². The smallest absolute Gasteiger partial charge is 0.243 e. The molecule has 1 heterocycles. The zero-order valence-corrected chi connectivity index (χ0v) is 9.58. The van der Waals surface area contributed by atoms with Gasteiger partial charge in [0.05, 0.1) is 6.04 Å². The van der Waals surface area contributed by atoms with Gasteiger partial charge in [0.25, 0.3) is 0 Å². The number of hydrogen-bond acceptors (Lipinski definition) is 3. The standard InChI is InChI=1S/C11H17N2O3/c1-7(2)5-8(6-14)12-11(16)9-3-4-10(15)13-9/h7-9H,3-5H2,1-2H3,(H,12,16)(H,13,15)/t8-,9-/m0/s1. The Kier molecular flexibility index (Phi) is 4.46. The zero-order chi connectivity index (χ0) is 12.1. The van der Waals surface area contributed by atoms with Crippen LogP contribution < -0.4 is 10.6 Å². The third-order valence-corrected chi connectivity index (χ3v) is 2.48. The lowest BCUT2D eigenvalue weighted by atomic mass is 10.0. The van der Waals surface area contributed by atoms with Gasteiger partial charge in [0.1, 0.15) is 6.04 Å². The van der Waals surface area contributed by atoms with Crippen molar-refractivity contribution >= 4 is 18.1 Å². The summed E-state index contributed by atoms with van der Waals surface area (Å²) in [4.78, 5) is 33.2. The van der Waals surface area contributed by atoms with Crippen LogP contribution in [0.3, 0.4) is 0 Å². The normalized spacial score (nSPS) is 21.7. The second-order valence-electron chi connectivity index (χ2n) is 4.47. The van der Waals surface area contributed by atoms with E-state index in [1.807, 2.05) is 13.8 Å². The zero-order valence-electron chi connectivity index (χ0n) is 9.58. The number of nitrogens with one attached hydrogen (secondary N) is 2. The predicted molar refractivity (Wildman–Crippen MR) is 58.2 cm³/mol. The van der Waals surface area contributed by atoms with E-state index in [-0.39, 0.29) is 11.8 Å². The van der Waals surface area contributed by atoms with Crippen LogP contribution in [-0.4, -0.2) is 30.2 Å². The SMILES string of the molecule is CC(C)C[C@@H]([C]=O)NC(=O)[C@@H]1CCC(=O)N1. The van der Waals surface area contributed by atoms with Crippen molar-refractivity contribution in [2.24, 2.45) is 5.92 Å². The summed E-state index contributed by atoms with van der Waals surface area (Å²) in [6, 6.07) is -1.07. The van der Waals surface area contributed by atoms with E-state index >= 15 is 0 Å². The molecule has 1 saturated heterocycles. The number of carbonyl (C=O) groups excluding carboxylic acids is 3. The molecule has 2 atom stereocenters. The second kappa shape index (κ2) is 5.63. The molecule has 16 heavy (non-hydrogen) atoms. The molecule has 0 saturated carbocycles. The van der Waals surface area contributed by atoms with Crippen LogP contribution in [0.5, 0.6) is 0 Å². The fourth-order valence-electron chi connectivity index (χ4n) is 1.69. The summed E-state index contributed by atoms with van der Waals surface area (Å²) >= 11 is 0. The van der Waals surface area contributed by atoms with Crippen LogP contribution in [0.1, 0.15) is 33.1 Å². The van der Waals surface area contributed by atoms with Crippen LogP contribution in [0.15, 0.2) is 0 Å². The van der Waals surface area contributed by atoms with E-state index in [9.17, 15) is 14.4 Å². The molecular formula is C11H17N2O3. The van der Waals surface area contributed by atoms with Crippen LogP contribution in [0, 0.1) is 5.92 Å². The van der Waals surface area contributed by atoms with E-state index in [2.05, 4.69) is 10.6 Å². The molecule has 1 aliphatic rings. The van der Waals surface area contributed by atoms with Crippen molar-refractivity contribution in [2.75, 3.05) is 0 Å². The average molecular weight is 225 g/mol. The molecule has 0 bridgehead atoms. The molecule has 2 N–H and O–H groups in total. The summed E-state index contributed by atoms with van der Waals surface area (Å²) in [6.07, 6.45) is 3.24. The van der Waals surface area contributed by atoms with E-state index in [1.165, 1.54) is 0 Å². The van der Waals surface area contributed by atoms with Gasteiger partial charge < -0.3 is 10.6 Å². The van der Waals surface area contributed by atoms with E-state index in [1.54, 1.807) is 6.29 Å². The third-order valence-electron chi connectivity index (χ3n) is 2.48. The van der Waals surface area contributed by atoms with Crippen LogP contribution >= 0.6 is 0 Å². The van der Waals surface area contributed by atoms with Gasteiger partial charge in [-0.25, -0.2) is 0 Å². The highest BCUT2D eigenvalue weighted by Gasteiger charge is 2.28. The lowest BCUT2D eigenvalue weighted by Gasteiger charge is -2.16. The molecule has 0 aromatic heterocycles. The first-order chi connectivity index (χ1) is 7.52. The Morgan fingerprint density at radius 3 is 2.75 bits per heavy atom. The summed E-state index contributed by atoms with van der Waals surface area (Å²) in [5.41, 5.74) is 0. The molecule has 0 aliphatic carbocycles. The lowest BCUT2D eigenvalue weighted by molar-refractivity contribution is -0.126. The molecule has 5 nitrogen and oxygen atoms in total. The molecule has 0 spiro atoms. The van der Waals surface area contributed by atoms with Gasteiger partial charge in [-0.05, 0) is 18.8 Å². The molecule has 0 aromatic rings. The van der Waals surface area contributed by atoms with Gasteiger partial charge in [-0.3, -0.25) is 14.4 Å². The first kappa shape index (κ1) is 12.7. The van der Waals surface area contributed by atoms with Crippen molar-refractivity contribution in [3.63, 3.8) is 0 Å². The van der Waals surface area contributed by atoms with Crippen molar-refractivity contribution < 1.29 is 14.4 Å². The molecule has 1 aliphatic heterocycles. The molecule has 5 heteroatoms. The van der Waals surface area contributed by atoms with E-state index in [4.69, 9.17) is 0 Å². The highest BCUT2D eigenvalue weighted by Crippen LogP contribution is 2.08. The summed E-state index contributed by atoms with van der Waals surface area (Å²) < 4.78 is 0. The first-order valence-corrected chi connectivity index (χ1v) is 5.50. The first-order valence-electron chi connectivity index (χ1n) is 5.50. The second-order valence-corrected chi connectivity index (χ2v) is 4.47. The average Bonchev–Trinajstić information content (AvgIpc) is 2.63. The fraction of sp³-hybridized carbons (Fsp3) is 0.727. The van der Waals surface area contributed by atoms with Crippen molar-refractivity contribution in [1.29, 1.82) is 0 Å². The van der Waals surface area contributed by atoms with Gasteiger partial charge in [0.2, 0.25) is 18.1 Å². The Morgan fingerprint density at radius 1 is 1.62 bits per heavy atom. The summed E-state index contributed by atoms with van der Waals surface area (Å²) in [7, 11) is 0. The minimum Gasteiger partial charge on any atom is -0.344 e. The van der Waals surface area contributed by atoms with Gasteiger partial charge in [-0.15, -0.1) is 0 Å². The molecule has 0 aromatic carbocycles. The molecule has 1 rings (SSSR count). The topological polar surface area (TPSA) is 75.3 Å². The molecule has 1 fully saturated rings. The molecular weight excluding hydrogens is 208 g/mol. The number of amides is 2. The van der Waals surface area contributed by atoms with Crippen molar-refractivity contribution in [1.82, 2.24) is 10.6 Å². The lowest BCUT2D eigenvalue weighted by Crippen LogP contribution is -2.46. The fourth-order valence-corrected chi connectivity index (χ4v) is 1.69. The highest BCUT2D eigenvalue weighted by molar-refractivity contribution is 5.91. The van der Waals surface area contributed by atoms with Gasteiger partial charge in [-0.1, -0.05) is 13.8 Å². The minimum absolute atomic E-state index is 0.115. The van der Waals surface area contributed by atoms with Gasteiger partial charge in [0, 0.05) is 6.42 Å². The highest BCUT2D eigenvalue weighted by atomic mass is 16.2. The third kappa shape index (κ3) is 3.64. The quantitative estimate of drug-likeness (QED) is 0.686. The summed E-state index contributed by atoms with van der Waals surface area (Å²) in [5, 5.41) is 5.14. The Bertz CT molecular complexity index is 289. The van der Waals surface area contributed by atoms with Crippen LogP contribution in [0.4, 0.5) is 0 Å². The Hall–Kier alpha value is -1.39. The number of hydrogen-bond donors (Lipinski definition) is 2. The Balaban J connectivity index is 2.42. The monoisotopic (exact) mass is 225 g/mol. The van der Waals surface area contributed by atoms with Crippen molar-refractivity contribution in [3.05, 3.63) is 0 Å². The summed E-state index contributed by atoms with van der Waals surface area (Å²) in [5.74, 6) is -0.0968. The van der Waals surface area contributed by atoms with E-state index in [0.29, 0.717) is 25.2 Å². The van der Waals surface area contributed by atoms with E-state index in [0.717, 1.165) is 0 Å². The predicted octanol–water partition coefficient (Wildman–Crippen LogP) is -0.0944. The summed E-state index contributed by atoms with van der Waals surface area (Å²) in [6.45, 7) is 3.93. The van der Waals surface area contributed by atoms with Gasteiger partial charge in [0.15, 0.2) is 0 Å². The van der Waals surface area contributed by atoms with Crippen LogP contribution in [0.2, 0.25) is 0 Å². The number of carbonyl (C=O) groups is 2. The van der Waals surface area contributed by atoms with Crippen molar-refractivity contribution in [2.45, 2.75) is 45.2 Å². The van der Waals surface area contributed by atoms with E-state index < -0.39 is 12.1 Å². The van der Waals surface area contributed by atoms with Crippen LogP contribution in [0.25, 0.3) is 0 Å². The number of rotatable bonds is 5.